The van der Waals surface area contributed by atoms with Crippen LogP contribution in [0.4, 0.5) is 0 Å². The quantitative estimate of drug-likeness (QED) is 0.588. The van der Waals surface area contributed by atoms with Gasteiger partial charge in [0.2, 0.25) is 0 Å². The van der Waals surface area contributed by atoms with Crippen LogP contribution in [0.3, 0.4) is 0 Å². The predicted molar refractivity (Wildman–Crippen MR) is 88.2 cm³/mol. The van der Waals surface area contributed by atoms with Crippen molar-refractivity contribution in [1.82, 2.24) is 24.5 Å². The van der Waals surface area contributed by atoms with Gasteiger partial charge in [-0.05, 0) is 36.6 Å². The molecule has 108 valence electrons. The zero-order chi connectivity index (χ0) is 14.9. The maximum atomic E-state index is 4.68. The number of aromatic nitrogens is 5. The first-order chi connectivity index (χ1) is 10.8. The Bertz CT molecular complexity index is 927. The second-order valence-corrected chi connectivity index (χ2v) is 5.61. The largest absolute Gasteiger partial charge is 0.338 e. The summed E-state index contributed by atoms with van der Waals surface area (Å²) in [5.74, 6) is 0.843. The highest BCUT2D eigenvalue weighted by atomic mass is 32.2. The molecular formula is C16H13N5S. The molecule has 3 aromatic heterocycles. The van der Waals surface area contributed by atoms with Gasteiger partial charge in [-0.3, -0.25) is 0 Å². The summed E-state index contributed by atoms with van der Waals surface area (Å²) in [5, 5.41) is 0.969. The molecule has 0 saturated heterocycles. The third-order valence-electron chi connectivity index (χ3n) is 3.49. The Kier molecular flexibility index (Phi) is 3.16. The maximum absolute atomic E-state index is 4.68. The first-order valence-electron chi connectivity index (χ1n) is 6.82. The van der Waals surface area contributed by atoms with Crippen molar-refractivity contribution in [3.63, 3.8) is 0 Å². The Hall–Kier alpha value is -2.60. The number of thioether (sulfide) groups is 1. The summed E-state index contributed by atoms with van der Waals surface area (Å²) < 4.78 is 1.97. The van der Waals surface area contributed by atoms with E-state index in [-0.39, 0.29) is 0 Å². The second kappa shape index (κ2) is 5.31. The van der Waals surface area contributed by atoms with Crippen molar-refractivity contribution < 1.29 is 0 Å². The highest BCUT2D eigenvalue weighted by Crippen LogP contribution is 2.28. The van der Waals surface area contributed by atoms with Crippen molar-refractivity contribution in [2.24, 2.45) is 0 Å². The maximum Gasteiger partial charge on any atom is 0.141 e. The number of rotatable bonds is 3. The second-order valence-electron chi connectivity index (χ2n) is 4.82. The van der Waals surface area contributed by atoms with Crippen LogP contribution in [-0.2, 0) is 0 Å². The SMILES string of the molecule is CSc1ncccc1-c1nc2ccc(-n3ccnc3)cc2[nH]1. The number of aromatic amines is 1. The lowest BCUT2D eigenvalue weighted by Gasteiger charge is -2.01. The summed E-state index contributed by atoms with van der Waals surface area (Å²) >= 11 is 1.62. The van der Waals surface area contributed by atoms with E-state index in [4.69, 9.17) is 0 Å². The van der Waals surface area contributed by atoms with Crippen molar-refractivity contribution in [3.05, 3.63) is 55.2 Å². The van der Waals surface area contributed by atoms with Gasteiger partial charge in [0.1, 0.15) is 10.9 Å². The van der Waals surface area contributed by atoms with Gasteiger partial charge in [-0.15, -0.1) is 11.8 Å². The number of imidazole rings is 2. The fourth-order valence-electron chi connectivity index (χ4n) is 2.43. The third kappa shape index (κ3) is 2.17. The minimum absolute atomic E-state index is 0.843. The molecule has 0 atom stereocenters. The van der Waals surface area contributed by atoms with E-state index in [1.54, 1.807) is 30.5 Å². The highest BCUT2D eigenvalue weighted by molar-refractivity contribution is 7.98. The summed E-state index contributed by atoms with van der Waals surface area (Å²) in [6.45, 7) is 0. The van der Waals surface area contributed by atoms with Gasteiger partial charge < -0.3 is 9.55 Å². The van der Waals surface area contributed by atoms with Gasteiger partial charge >= 0.3 is 0 Å². The van der Waals surface area contributed by atoms with Gasteiger partial charge in [-0.1, -0.05) is 0 Å². The monoisotopic (exact) mass is 307 g/mol. The summed E-state index contributed by atoms with van der Waals surface area (Å²) in [4.78, 5) is 16.5. The van der Waals surface area contributed by atoms with Gasteiger partial charge in [-0.2, -0.15) is 0 Å². The Balaban J connectivity index is 1.84. The van der Waals surface area contributed by atoms with Crippen LogP contribution >= 0.6 is 11.8 Å². The molecule has 0 bridgehead atoms. The van der Waals surface area contributed by atoms with E-state index in [9.17, 15) is 0 Å². The normalized spacial score (nSPS) is 11.1. The van der Waals surface area contributed by atoms with Gasteiger partial charge in [-0.25, -0.2) is 15.0 Å². The first-order valence-corrected chi connectivity index (χ1v) is 8.05. The van der Waals surface area contributed by atoms with Gasteiger partial charge in [0.25, 0.3) is 0 Å². The smallest absolute Gasteiger partial charge is 0.141 e. The van der Waals surface area contributed by atoms with E-state index < -0.39 is 0 Å². The molecule has 0 fully saturated rings. The predicted octanol–water partition coefficient (Wildman–Crippen LogP) is 3.53. The molecule has 5 nitrogen and oxygen atoms in total. The Morgan fingerprint density at radius 3 is 2.95 bits per heavy atom. The van der Waals surface area contributed by atoms with E-state index >= 15 is 0 Å². The van der Waals surface area contributed by atoms with Crippen LogP contribution in [0.25, 0.3) is 28.1 Å². The van der Waals surface area contributed by atoms with E-state index in [2.05, 4.69) is 26.0 Å². The van der Waals surface area contributed by atoms with Crippen LogP contribution in [0.1, 0.15) is 0 Å². The van der Waals surface area contributed by atoms with Gasteiger partial charge in [0.15, 0.2) is 0 Å². The number of hydrogen-bond donors (Lipinski definition) is 1. The molecule has 0 aliphatic heterocycles. The lowest BCUT2D eigenvalue weighted by atomic mass is 10.3. The molecule has 0 spiro atoms. The number of benzene rings is 1. The van der Waals surface area contributed by atoms with Crippen LogP contribution in [0.5, 0.6) is 0 Å². The minimum atomic E-state index is 0.843. The van der Waals surface area contributed by atoms with Crippen LogP contribution in [0, 0.1) is 0 Å². The van der Waals surface area contributed by atoms with Crippen molar-refractivity contribution in [1.29, 1.82) is 0 Å². The number of hydrogen-bond acceptors (Lipinski definition) is 4. The molecule has 4 aromatic rings. The number of pyridine rings is 1. The van der Waals surface area contributed by atoms with E-state index in [1.807, 2.05) is 41.3 Å². The number of nitrogens with zero attached hydrogens (tertiary/aromatic N) is 4. The van der Waals surface area contributed by atoms with Crippen molar-refractivity contribution in [3.8, 4) is 17.1 Å². The summed E-state index contributed by atoms with van der Waals surface area (Å²) in [6.07, 6.45) is 9.29. The van der Waals surface area contributed by atoms with Crippen LogP contribution < -0.4 is 0 Å². The average molecular weight is 307 g/mol. The zero-order valence-electron chi connectivity index (χ0n) is 11.9. The Labute approximate surface area is 131 Å². The molecule has 1 N–H and O–H groups in total. The third-order valence-corrected chi connectivity index (χ3v) is 4.20. The standard InChI is InChI=1S/C16H13N5S/c1-22-16-12(3-2-6-18-16)15-19-13-5-4-11(9-14(13)20-15)21-8-7-17-10-21/h2-10H,1H3,(H,19,20). The first kappa shape index (κ1) is 13.1. The summed E-state index contributed by atoms with van der Waals surface area (Å²) in [6, 6.07) is 10.1. The topological polar surface area (TPSA) is 59.4 Å². The van der Waals surface area contributed by atoms with Crippen molar-refractivity contribution in [2.75, 3.05) is 6.26 Å². The molecule has 0 unspecified atom stereocenters. The molecular weight excluding hydrogens is 294 g/mol. The molecule has 0 radical (unpaired) electrons. The lowest BCUT2D eigenvalue weighted by molar-refractivity contribution is 1.06. The molecule has 22 heavy (non-hydrogen) atoms. The molecule has 0 aliphatic carbocycles. The number of fused-ring (bicyclic) bond motifs is 1. The lowest BCUT2D eigenvalue weighted by Crippen LogP contribution is -1.88. The molecule has 0 aliphatic rings. The van der Waals surface area contributed by atoms with Crippen LogP contribution in [0.2, 0.25) is 0 Å². The van der Waals surface area contributed by atoms with Gasteiger partial charge in [0.05, 0.1) is 17.4 Å². The summed E-state index contributed by atoms with van der Waals surface area (Å²) in [5.41, 5.74) is 4.01. The van der Waals surface area contributed by atoms with E-state index in [1.165, 1.54) is 0 Å². The Morgan fingerprint density at radius 1 is 1.18 bits per heavy atom. The number of nitrogens with one attached hydrogen (secondary N) is 1. The fourth-order valence-corrected chi connectivity index (χ4v) is 2.98. The highest BCUT2D eigenvalue weighted by Gasteiger charge is 2.10. The van der Waals surface area contributed by atoms with Crippen LogP contribution in [-0.4, -0.2) is 30.8 Å². The van der Waals surface area contributed by atoms with E-state index in [0.717, 1.165) is 33.1 Å². The molecule has 0 saturated carbocycles. The Morgan fingerprint density at radius 2 is 2.14 bits per heavy atom. The molecule has 6 heteroatoms. The average Bonchev–Trinajstić information content (AvgIpc) is 3.23. The fraction of sp³-hybridized carbons (Fsp3) is 0.0625. The van der Waals surface area contributed by atoms with E-state index in [0.29, 0.717) is 0 Å². The minimum Gasteiger partial charge on any atom is -0.338 e. The molecule has 1 aromatic carbocycles. The molecule has 3 heterocycles. The van der Waals surface area contributed by atoms with Crippen molar-refractivity contribution >= 4 is 22.8 Å². The van der Waals surface area contributed by atoms with Crippen LogP contribution in [0.15, 0.2) is 60.3 Å². The number of H-pyrrole nitrogens is 1. The molecule has 0 amide bonds. The zero-order valence-corrected chi connectivity index (χ0v) is 12.7. The molecule has 4 rings (SSSR count). The summed E-state index contributed by atoms with van der Waals surface area (Å²) in [7, 11) is 0. The van der Waals surface area contributed by atoms with Crippen molar-refractivity contribution in [2.45, 2.75) is 5.03 Å². The van der Waals surface area contributed by atoms with Gasteiger partial charge in [0, 0.05) is 29.8 Å².